The minimum absolute atomic E-state index is 0.0812. The molecule has 2 aromatic carbocycles. The van der Waals surface area contributed by atoms with Crippen LogP contribution in [0.3, 0.4) is 0 Å². The minimum atomic E-state index is -1.12. The first-order valence-corrected chi connectivity index (χ1v) is 7.06. The highest BCUT2D eigenvalue weighted by molar-refractivity contribution is 6.30. The second kappa shape index (κ2) is 5.95. The van der Waals surface area contributed by atoms with Crippen LogP contribution in [0, 0.1) is 11.3 Å². The Morgan fingerprint density at radius 1 is 1.17 bits per heavy atom. The molecule has 1 heterocycles. The number of carbonyl (C=O) groups is 1. The molecule has 0 aliphatic heterocycles. The van der Waals surface area contributed by atoms with Crippen LogP contribution in [0.25, 0.3) is 16.9 Å². The number of benzene rings is 2. The van der Waals surface area contributed by atoms with Gasteiger partial charge >= 0.3 is 5.97 Å². The highest BCUT2D eigenvalue weighted by atomic mass is 35.5. The van der Waals surface area contributed by atoms with Gasteiger partial charge in [-0.15, -0.1) is 0 Å². The molecule has 0 saturated heterocycles. The number of aromatic carboxylic acids is 1. The second-order valence-corrected chi connectivity index (χ2v) is 5.24. The fourth-order valence-electron chi connectivity index (χ4n) is 2.24. The summed E-state index contributed by atoms with van der Waals surface area (Å²) in [6.07, 6.45) is 0. The Balaban J connectivity index is 2.23. The van der Waals surface area contributed by atoms with Crippen molar-refractivity contribution in [1.29, 1.82) is 5.26 Å². The van der Waals surface area contributed by atoms with E-state index in [-0.39, 0.29) is 5.69 Å². The van der Waals surface area contributed by atoms with Gasteiger partial charge < -0.3 is 5.11 Å². The van der Waals surface area contributed by atoms with Crippen LogP contribution in [0.2, 0.25) is 5.02 Å². The van der Waals surface area contributed by atoms with E-state index in [1.807, 2.05) is 0 Å². The zero-order chi connectivity index (χ0) is 16.4. The van der Waals surface area contributed by atoms with Crippen LogP contribution >= 0.6 is 11.6 Å². The summed E-state index contributed by atoms with van der Waals surface area (Å²) in [5.74, 6) is -1.12. The van der Waals surface area contributed by atoms with Gasteiger partial charge in [0.25, 0.3) is 0 Å². The summed E-state index contributed by atoms with van der Waals surface area (Å²) in [7, 11) is 0. The van der Waals surface area contributed by atoms with Crippen LogP contribution in [0.1, 0.15) is 16.1 Å². The van der Waals surface area contributed by atoms with E-state index < -0.39 is 5.97 Å². The fourth-order valence-corrected chi connectivity index (χ4v) is 2.43. The van der Waals surface area contributed by atoms with E-state index in [1.54, 1.807) is 48.5 Å². The predicted octanol–water partition coefficient (Wildman–Crippen LogP) is 3.76. The summed E-state index contributed by atoms with van der Waals surface area (Å²) in [5.41, 5.74) is 2.31. The molecule has 1 aromatic heterocycles. The Labute approximate surface area is 137 Å². The average Bonchev–Trinajstić information content (AvgIpc) is 3.00. The van der Waals surface area contributed by atoms with Crippen LogP contribution in [0.15, 0.2) is 54.6 Å². The lowest BCUT2D eigenvalue weighted by atomic mass is 10.1. The molecule has 23 heavy (non-hydrogen) atoms. The largest absolute Gasteiger partial charge is 0.476 e. The summed E-state index contributed by atoms with van der Waals surface area (Å²) < 4.78 is 1.51. The van der Waals surface area contributed by atoms with Crippen LogP contribution in [0.5, 0.6) is 0 Å². The zero-order valence-corrected chi connectivity index (χ0v) is 12.5. The standard InChI is InChI=1S/C17H10ClN3O2/c18-13-5-2-6-14(8-13)21-16(9-15(20-21)17(22)23)12-4-1-3-11(7-12)10-19/h1-9H,(H,22,23). The van der Waals surface area contributed by atoms with Crippen molar-refractivity contribution in [2.24, 2.45) is 0 Å². The van der Waals surface area contributed by atoms with Gasteiger partial charge in [0.15, 0.2) is 5.69 Å². The summed E-state index contributed by atoms with van der Waals surface area (Å²) in [5, 5.41) is 22.9. The van der Waals surface area contributed by atoms with Gasteiger partial charge in [-0.1, -0.05) is 29.8 Å². The zero-order valence-electron chi connectivity index (χ0n) is 11.8. The number of hydrogen-bond acceptors (Lipinski definition) is 3. The molecule has 112 valence electrons. The van der Waals surface area contributed by atoms with Crippen molar-refractivity contribution >= 4 is 17.6 Å². The molecule has 6 heteroatoms. The third-order valence-electron chi connectivity index (χ3n) is 3.27. The molecule has 0 radical (unpaired) electrons. The molecule has 0 unspecified atom stereocenters. The molecule has 0 fully saturated rings. The van der Waals surface area contributed by atoms with Crippen molar-refractivity contribution in [1.82, 2.24) is 9.78 Å². The first-order chi connectivity index (χ1) is 11.1. The number of hydrogen-bond donors (Lipinski definition) is 1. The lowest BCUT2D eigenvalue weighted by molar-refractivity contribution is 0.0690. The maximum absolute atomic E-state index is 11.3. The topological polar surface area (TPSA) is 78.9 Å². The Hall–Kier alpha value is -3.10. The number of rotatable bonds is 3. The number of carboxylic acid groups (broad SMARTS) is 1. The van der Waals surface area contributed by atoms with E-state index in [9.17, 15) is 9.90 Å². The summed E-state index contributed by atoms with van der Waals surface area (Å²) >= 11 is 6.01. The molecule has 0 amide bonds. The average molecular weight is 324 g/mol. The van der Waals surface area contributed by atoms with E-state index in [0.29, 0.717) is 27.5 Å². The minimum Gasteiger partial charge on any atom is -0.476 e. The van der Waals surface area contributed by atoms with Gasteiger partial charge in [-0.25, -0.2) is 9.48 Å². The number of halogens is 1. The SMILES string of the molecule is N#Cc1cccc(-c2cc(C(=O)O)nn2-c2cccc(Cl)c2)c1. The van der Waals surface area contributed by atoms with Crippen LogP contribution in [-0.2, 0) is 0 Å². The molecule has 0 saturated carbocycles. The Morgan fingerprint density at radius 3 is 2.65 bits per heavy atom. The lowest BCUT2D eigenvalue weighted by Crippen LogP contribution is -2.02. The third kappa shape index (κ3) is 2.93. The van der Waals surface area contributed by atoms with Crippen LogP contribution in [-0.4, -0.2) is 20.9 Å². The van der Waals surface area contributed by atoms with Gasteiger partial charge in [-0.05, 0) is 36.4 Å². The molecule has 0 atom stereocenters. The molecular weight excluding hydrogens is 314 g/mol. The van der Waals surface area contributed by atoms with Gasteiger partial charge in [0, 0.05) is 10.6 Å². The van der Waals surface area contributed by atoms with E-state index in [4.69, 9.17) is 16.9 Å². The van der Waals surface area contributed by atoms with Crippen molar-refractivity contribution in [2.75, 3.05) is 0 Å². The molecule has 5 nitrogen and oxygen atoms in total. The predicted molar refractivity (Wildman–Crippen MR) is 85.7 cm³/mol. The summed E-state index contributed by atoms with van der Waals surface area (Å²) in [6.45, 7) is 0. The highest BCUT2D eigenvalue weighted by Crippen LogP contribution is 2.26. The van der Waals surface area contributed by atoms with Gasteiger partial charge in [-0.3, -0.25) is 0 Å². The number of aromatic nitrogens is 2. The fraction of sp³-hybridized carbons (Fsp3) is 0. The summed E-state index contributed by atoms with van der Waals surface area (Å²) in [4.78, 5) is 11.3. The van der Waals surface area contributed by atoms with E-state index in [2.05, 4.69) is 11.2 Å². The lowest BCUT2D eigenvalue weighted by Gasteiger charge is -2.08. The summed E-state index contributed by atoms with van der Waals surface area (Å²) in [6, 6.07) is 17.4. The molecule has 0 aliphatic carbocycles. The Morgan fingerprint density at radius 2 is 1.96 bits per heavy atom. The molecule has 1 N–H and O–H groups in total. The van der Waals surface area contributed by atoms with E-state index in [0.717, 1.165) is 0 Å². The first kappa shape index (κ1) is 14.8. The Kier molecular flexibility index (Phi) is 3.83. The third-order valence-corrected chi connectivity index (χ3v) is 3.50. The van der Waals surface area contributed by atoms with Gasteiger partial charge in [0.2, 0.25) is 0 Å². The molecule has 3 rings (SSSR count). The van der Waals surface area contributed by atoms with Gasteiger partial charge in [-0.2, -0.15) is 10.4 Å². The molecule has 0 spiro atoms. The molecule has 0 bridgehead atoms. The van der Waals surface area contributed by atoms with E-state index in [1.165, 1.54) is 10.7 Å². The van der Waals surface area contributed by atoms with Crippen molar-refractivity contribution < 1.29 is 9.90 Å². The molecule has 0 aliphatic rings. The maximum atomic E-state index is 11.3. The monoisotopic (exact) mass is 323 g/mol. The van der Waals surface area contributed by atoms with E-state index >= 15 is 0 Å². The van der Waals surface area contributed by atoms with Crippen molar-refractivity contribution in [3.63, 3.8) is 0 Å². The molecular formula is C17H10ClN3O2. The number of nitriles is 1. The van der Waals surface area contributed by atoms with Gasteiger partial charge in [0.05, 0.1) is 23.0 Å². The van der Waals surface area contributed by atoms with Gasteiger partial charge in [0.1, 0.15) is 0 Å². The van der Waals surface area contributed by atoms with Crippen molar-refractivity contribution in [2.45, 2.75) is 0 Å². The van der Waals surface area contributed by atoms with Crippen LogP contribution in [0.4, 0.5) is 0 Å². The van der Waals surface area contributed by atoms with Crippen molar-refractivity contribution in [3.8, 4) is 23.0 Å². The van der Waals surface area contributed by atoms with Crippen molar-refractivity contribution in [3.05, 3.63) is 70.9 Å². The first-order valence-electron chi connectivity index (χ1n) is 6.68. The maximum Gasteiger partial charge on any atom is 0.356 e. The Bertz CT molecular complexity index is 941. The second-order valence-electron chi connectivity index (χ2n) is 4.80. The molecule has 3 aromatic rings. The normalized spacial score (nSPS) is 10.3. The number of nitrogens with zero attached hydrogens (tertiary/aromatic N) is 3. The quantitative estimate of drug-likeness (QED) is 0.795. The smallest absolute Gasteiger partial charge is 0.356 e. The van der Waals surface area contributed by atoms with Crippen LogP contribution < -0.4 is 0 Å². The number of carboxylic acids is 1. The highest BCUT2D eigenvalue weighted by Gasteiger charge is 2.16.